The van der Waals surface area contributed by atoms with E-state index in [1.54, 1.807) is 0 Å². The van der Waals surface area contributed by atoms with Gasteiger partial charge in [0.2, 0.25) is 0 Å². The number of benzene rings is 1. The summed E-state index contributed by atoms with van der Waals surface area (Å²) in [5, 5.41) is 13.9. The summed E-state index contributed by atoms with van der Waals surface area (Å²) in [6, 6.07) is 6.11. The van der Waals surface area contributed by atoms with Crippen molar-refractivity contribution in [2.45, 2.75) is 26.0 Å². The first kappa shape index (κ1) is 22.5. The van der Waals surface area contributed by atoms with E-state index in [1.807, 2.05) is 12.1 Å². The van der Waals surface area contributed by atoms with Crippen LogP contribution in [0.2, 0.25) is 5.02 Å². The number of nitrogens with one attached hydrogen (secondary N) is 1. The number of nitrogens with zero attached hydrogens (tertiary/aromatic N) is 4. The molecule has 2 aliphatic rings. The Hall–Kier alpha value is -0.770. The molecule has 0 unspecified atom stereocenters. The van der Waals surface area contributed by atoms with E-state index in [1.165, 1.54) is 5.69 Å². The van der Waals surface area contributed by atoms with Crippen LogP contribution in [-0.2, 0) is 6.54 Å². The van der Waals surface area contributed by atoms with Gasteiger partial charge in [-0.25, -0.2) is 4.99 Å². The van der Waals surface area contributed by atoms with Gasteiger partial charge in [-0.05, 0) is 32.5 Å². The van der Waals surface area contributed by atoms with Gasteiger partial charge in [-0.2, -0.15) is 0 Å². The van der Waals surface area contributed by atoms with Gasteiger partial charge in [0.25, 0.3) is 0 Å². The zero-order valence-electron chi connectivity index (χ0n) is 16.2. The zero-order valence-corrected chi connectivity index (χ0v) is 19.3. The molecule has 2 saturated heterocycles. The quantitative estimate of drug-likeness (QED) is 0.372. The molecule has 2 heterocycles. The highest BCUT2D eigenvalue weighted by molar-refractivity contribution is 14.0. The van der Waals surface area contributed by atoms with Crippen molar-refractivity contribution in [3.05, 3.63) is 28.8 Å². The summed E-state index contributed by atoms with van der Waals surface area (Å²) in [5.74, 6) is 0.855. The minimum Gasteiger partial charge on any atom is -0.391 e. The zero-order chi connectivity index (χ0) is 18.5. The molecule has 0 radical (unpaired) electrons. The molecule has 1 aromatic rings. The van der Waals surface area contributed by atoms with E-state index in [-0.39, 0.29) is 30.1 Å². The van der Waals surface area contributed by atoms with Crippen LogP contribution in [0.25, 0.3) is 0 Å². The number of hydrogen-bond acceptors (Lipinski definition) is 4. The second kappa shape index (κ2) is 10.7. The molecule has 2 N–H and O–H groups in total. The van der Waals surface area contributed by atoms with Crippen LogP contribution in [0.3, 0.4) is 0 Å². The van der Waals surface area contributed by atoms with Gasteiger partial charge in [0.15, 0.2) is 5.96 Å². The van der Waals surface area contributed by atoms with Gasteiger partial charge < -0.3 is 25.1 Å². The van der Waals surface area contributed by atoms with Gasteiger partial charge in [0.05, 0.1) is 12.6 Å². The molecular formula is C19H31ClIN5O. The lowest BCUT2D eigenvalue weighted by molar-refractivity contribution is 0.188. The normalized spacial score (nSPS) is 21.3. The average molecular weight is 508 g/mol. The third-order valence-corrected chi connectivity index (χ3v) is 5.48. The SMILES string of the molecule is CCNC(=NCc1c(Cl)cccc1N1CCN(C)CC1)N1CC[C@@H](O)C1.I. The summed E-state index contributed by atoms with van der Waals surface area (Å²) in [5.41, 5.74) is 2.26. The number of aliphatic hydroxyl groups excluding tert-OH is 1. The second-order valence-corrected chi connectivity index (χ2v) is 7.49. The van der Waals surface area contributed by atoms with Gasteiger partial charge in [-0.3, -0.25) is 0 Å². The predicted molar refractivity (Wildman–Crippen MR) is 124 cm³/mol. The molecule has 3 rings (SSSR count). The van der Waals surface area contributed by atoms with Crippen LogP contribution in [0, 0.1) is 0 Å². The molecule has 1 aromatic carbocycles. The Morgan fingerprint density at radius 3 is 2.63 bits per heavy atom. The number of aliphatic imine (C=N–C) groups is 1. The number of rotatable bonds is 4. The molecule has 0 bridgehead atoms. The Labute approximate surface area is 184 Å². The van der Waals surface area contributed by atoms with Crippen LogP contribution in [0.1, 0.15) is 18.9 Å². The van der Waals surface area contributed by atoms with E-state index in [4.69, 9.17) is 16.6 Å². The topological polar surface area (TPSA) is 54.3 Å². The highest BCUT2D eigenvalue weighted by atomic mass is 127. The van der Waals surface area contributed by atoms with E-state index in [0.717, 1.165) is 62.2 Å². The number of piperazine rings is 1. The average Bonchev–Trinajstić information content (AvgIpc) is 3.06. The lowest BCUT2D eigenvalue weighted by Crippen LogP contribution is -2.44. The number of halogens is 2. The Morgan fingerprint density at radius 1 is 1.26 bits per heavy atom. The molecule has 0 saturated carbocycles. The van der Waals surface area contributed by atoms with Crippen molar-refractivity contribution >= 4 is 47.2 Å². The van der Waals surface area contributed by atoms with Gasteiger partial charge in [0.1, 0.15) is 0 Å². The Morgan fingerprint density at radius 2 is 2.00 bits per heavy atom. The van der Waals surface area contributed by atoms with Gasteiger partial charge in [-0.1, -0.05) is 17.7 Å². The number of hydrogen-bond donors (Lipinski definition) is 2. The van der Waals surface area contributed by atoms with Crippen molar-refractivity contribution in [3.63, 3.8) is 0 Å². The molecule has 1 atom stereocenters. The highest BCUT2D eigenvalue weighted by Gasteiger charge is 2.23. The molecule has 0 spiro atoms. The minimum atomic E-state index is -0.264. The van der Waals surface area contributed by atoms with Crippen LogP contribution in [0.4, 0.5) is 5.69 Å². The Bertz CT molecular complexity index is 637. The van der Waals surface area contributed by atoms with Crippen LogP contribution >= 0.6 is 35.6 Å². The van der Waals surface area contributed by atoms with Crippen LogP contribution in [0.5, 0.6) is 0 Å². The standard InChI is InChI=1S/C19H30ClN5O.HI/c1-3-21-19(25-8-7-15(26)14-25)22-13-16-17(20)5-4-6-18(16)24-11-9-23(2)10-12-24;/h4-6,15,26H,3,7-14H2,1-2H3,(H,21,22);1H/t15-;/m1./s1. The van der Waals surface area contributed by atoms with E-state index in [0.29, 0.717) is 13.1 Å². The third-order valence-electron chi connectivity index (χ3n) is 5.12. The molecule has 2 aliphatic heterocycles. The minimum absolute atomic E-state index is 0. The number of anilines is 1. The monoisotopic (exact) mass is 507 g/mol. The first-order valence-corrected chi connectivity index (χ1v) is 9.88. The first-order valence-electron chi connectivity index (χ1n) is 9.50. The molecule has 0 aliphatic carbocycles. The fourth-order valence-electron chi connectivity index (χ4n) is 3.56. The third kappa shape index (κ3) is 5.85. The molecule has 152 valence electrons. The smallest absolute Gasteiger partial charge is 0.194 e. The van der Waals surface area contributed by atoms with Crippen molar-refractivity contribution < 1.29 is 5.11 Å². The maximum atomic E-state index is 9.83. The van der Waals surface area contributed by atoms with E-state index in [2.05, 4.69) is 40.1 Å². The maximum absolute atomic E-state index is 9.83. The molecule has 6 nitrogen and oxygen atoms in total. The fraction of sp³-hybridized carbons (Fsp3) is 0.632. The molecular weight excluding hydrogens is 477 g/mol. The van der Waals surface area contributed by atoms with Crippen LogP contribution < -0.4 is 10.2 Å². The van der Waals surface area contributed by atoms with Crippen molar-refractivity contribution in [2.24, 2.45) is 4.99 Å². The van der Waals surface area contributed by atoms with Crippen molar-refractivity contribution in [2.75, 3.05) is 57.8 Å². The first-order chi connectivity index (χ1) is 12.6. The summed E-state index contributed by atoms with van der Waals surface area (Å²) in [4.78, 5) is 11.7. The largest absolute Gasteiger partial charge is 0.391 e. The summed E-state index contributed by atoms with van der Waals surface area (Å²) in [6.45, 7) is 9.01. The summed E-state index contributed by atoms with van der Waals surface area (Å²) in [6.07, 6.45) is 0.531. The van der Waals surface area contributed by atoms with Crippen molar-refractivity contribution in [1.82, 2.24) is 15.1 Å². The molecule has 8 heteroatoms. The lowest BCUT2D eigenvalue weighted by atomic mass is 10.1. The van der Waals surface area contributed by atoms with Gasteiger partial charge >= 0.3 is 0 Å². The molecule has 0 aromatic heterocycles. The molecule has 27 heavy (non-hydrogen) atoms. The number of guanidine groups is 1. The number of likely N-dealkylation sites (N-methyl/N-ethyl adjacent to an activating group) is 1. The lowest BCUT2D eigenvalue weighted by Gasteiger charge is -2.35. The van der Waals surface area contributed by atoms with Gasteiger partial charge in [0, 0.05) is 62.1 Å². The highest BCUT2D eigenvalue weighted by Crippen LogP contribution is 2.29. The summed E-state index contributed by atoms with van der Waals surface area (Å²) < 4.78 is 0. The number of β-amino-alcohol motifs (C(OH)–C–C–N with tert-alkyl or cyclic N) is 1. The number of aliphatic hydroxyl groups is 1. The number of likely N-dealkylation sites (tertiary alicyclic amines) is 1. The Balaban J connectivity index is 0.00000261. The maximum Gasteiger partial charge on any atom is 0.194 e. The fourth-order valence-corrected chi connectivity index (χ4v) is 3.79. The summed E-state index contributed by atoms with van der Waals surface area (Å²) in [7, 11) is 2.16. The summed E-state index contributed by atoms with van der Waals surface area (Å²) >= 11 is 6.54. The van der Waals surface area contributed by atoms with E-state index >= 15 is 0 Å². The Kier molecular flexibility index (Phi) is 8.91. The van der Waals surface area contributed by atoms with Crippen LogP contribution in [0.15, 0.2) is 23.2 Å². The predicted octanol–water partition coefficient (Wildman–Crippen LogP) is 2.24. The van der Waals surface area contributed by atoms with Gasteiger partial charge in [-0.15, -0.1) is 24.0 Å². The molecule has 0 amide bonds. The second-order valence-electron chi connectivity index (χ2n) is 7.09. The van der Waals surface area contributed by atoms with Crippen molar-refractivity contribution in [3.8, 4) is 0 Å². The van der Waals surface area contributed by atoms with E-state index in [9.17, 15) is 5.11 Å². The van der Waals surface area contributed by atoms with Crippen LogP contribution in [-0.4, -0.2) is 79.8 Å². The molecule has 2 fully saturated rings. The van der Waals surface area contributed by atoms with E-state index < -0.39 is 0 Å². The van der Waals surface area contributed by atoms with Crippen molar-refractivity contribution in [1.29, 1.82) is 0 Å².